The maximum atomic E-state index is 5.08. The predicted octanol–water partition coefficient (Wildman–Crippen LogP) is 1.46. The van der Waals surface area contributed by atoms with E-state index in [0.29, 0.717) is 5.89 Å². The van der Waals surface area contributed by atoms with Crippen molar-refractivity contribution >= 4 is 0 Å². The van der Waals surface area contributed by atoms with Gasteiger partial charge in [0, 0.05) is 12.1 Å². The van der Waals surface area contributed by atoms with Gasteiger partial charge in [-0.2, -0.15) is 0 Å². The van der Waals surface area contributed by atoms with Crippen LogP contribution < -0.4 is 5.32 Å². The van der Waals surface area contributed by atoms with Crippen LogP contribution in [0.5, 0.6) is 0 Å². The van der Waals surface area contributed by atoms with Gasteiger partial charge in [-0.3, -0.25) is 0 Å². The molecule has 1 heterocycles. The molecule has 0 saturated carbocycles. The van der Waals surface area contributed by atoms with Crippen LogP contribution in [0.25, 0.3) is 11.5 Å². The van der Waals surface area contributed by atoms with Crippen molar-refractivity contribution in [2.24, 2.45) is 0 Å². The fourth-order valence-corrected chi connectivity index (χ4v) is 1.27. The lowest BCUT2D eigenvalue weighted by Crippen LogP contribution is -2.04. The third-order valence-corrected chi connectivity index (χ3v) is 1.94. The molecule has 0 aliphatic carbocycles. The number of aromatic nitrogens is 2. The Kier molecular flexibility index (Phi) is 2.55. The fraction of sp³-hybridized carbons (Fsp3) is 0.200. The first-order valence-corrected chi connectivity index (χ1v) is 4.40. The molecule has 0 atom stereocenters. The molecule has 0 fully saturated rings. The normalized spacial score (nSPS) is 10.4. The molecule has 2 aromatic rings. The van der Waals surface area contributed by atoms with Crippen LogP contribution in [0, 0.1) is 0 Å². The van der Waals surface area contributed by atoms with Crippen LogP contribution in [0.2, 0.25) is 0 Å². The van der Waals surface area contributed by atoms with E-state index in [2.05, 4.69) is 15.5 Å². The molecule has 2 rings (SSSR count). The number of benzene rings is 1. The first-order chi connectivity index (χ1) is 6.90. The van der Waals surface area contributed by atoms with E-state index in [4.69, 9.17) is 4.42 Å². The number of rotatable bonds is 3. The van der Waals surface area contributed by atoms with Crippen LogP contribution in [0.4, 0.5) is 0 Å². The van der Waals surface area contributed by atoms with Crippen LogP contribution in [-0.4, -0.2) is 17.2 Å². The molecule has 0 spiro atoms. The summed E-state index contributed by atoms with van der Waals surface area (Å²) in [5.74, 6) is 0.556. The van der Waals surface area contributed by atoms with Gasteiger partial charge in [-0.1, -0.05) is 12.1 Å². The molecule has 4 heteroatoms. The second-order valence-corrected chi connectivity index (χ2v) is 2.97. The summed E-state index contributed by atoms with van der Waals surface area (Å²) in [6.07, 6.45) is 1.33. The zero-order valence-corrected chi connectivity index (χ0v) is 7.90. The summed E-state index contributed by atoms with van der Waals surface area (Å²) in [5.41, 5.74) is 2.18. The van der Waals surface area contributed by atoms with E-state index in [1.807, 2.05) is 31.3 Å². The van der Waals surface area contributed by atoms with Crippen LogP contribution >= 0.6 is 0 Å². The minimum absolute atomic E-state index is 0.556. The van der Waals surface area contributed by atoms with Crippen molar-refractivity contribution in [1.29, 1.82) is 0 Å². The van der Waals surface area contributed by atoms with Crippen molar-refractivity contribution < 1.29 is 4.42 Å². The molecular formula is C10H11N3O. The lowest BCUT2D eigenvalue weighted by molar-refractivity contribution is 0.568. The molecule has 0 aliphatic rings. The fourth-order valence-electron chi connectivity index (χ4n) is 1.27. The average molecular weight is 189 g/mol. The third kappa shape index (κ3) is 1.80. The molecule has 0 bridgehead atoms. The van der Waals surface area contributed by atoms with Crippen molar-refractivity contribution in [3.8, 4) is 11.5 Å². The van der Waals surface area contributed by atoms with Gasteiger partial charge in [0.25, 0.3) is 0 Å². The Hall–Kier alpha value is -1.68. The number of hydrogen-bond acceptors (Lipinski definition) is 4. The molecule has 0 radical (unpaired) electrons. The molecular weight excluding hydrogens is 178 g/mol. The Morgan fingerprint density at radius 1 is 1.29 bits per heavy atom. The monoisotopic (exact) mass is 189 g/mol. The van der Waals surface area contributed by atoms with Gasteiger partial charge in [-0.15, -0.1) is 10.2 Å². The van der Waals surface area contributed by atoms with Crippen molar-refractivity contribution in [2.45, 2.75) is 6.54 Å². The predicted molar refractivity (Wildman–Crippen MR) is 52.5 cm³/mol. The van der Waals surface area contributed by atoms with Gasteiger partial charge in [0.2, 0.25) is 12.3 Å². The summed E-state index contributed by atoms with van der Waals surface area (Å²) in [6.45, 7) is 0.865. The first-order valence-electron chi connectivity index (χ1n) is 4.40. The summed E-state index contributed by atoms with van der Waals surface area (Å²) in [7, 11) is 1.92. The SMILES string of the molecule is CNCc1ccc(-c2nnco2)cc1. The highest BCUT2D eigenvalue weighted by atomic mass is 16.4. The van der Waals surface area contributed by atoms with E-state index in [1.165, 1.54) is 12.0 Å². The minimum atomic E-state index is 0.556. The number of hydrogen-bond donors (Lipinski definition) is 1. The van der Waals surface area contributed by atoms with Gasteiger partial charge in [0.05, 0.1) is 0 Å². The molecule has 0 aliphatic heterocycles. The molecule has 1 aromatic heterocycles. The lowest BCUT2D eigenvalue weighted by Gasteiger charge is -1.99. The van der Waals surface area contributed by atoms with E-state index in [-0.39, 0.29) is 0 Å². The summed E-state index contributed by atoms with van der Waals surface area (Å²) in [5, 5.41) is 10.5. The van der Waals surface area contributed by atoms with Crippen molar-refractivity contribution in [3.63, 3.8) is 0 Å². The van der Waals surface area contributed by atoms with E-state index in [0.717, 1.165) is 12.1 Å². The van der Waals surface area contributed by atoms with Gasteiger partial charge < -0.3 is 9.73 Å². The molecule has 0 amide bonds. The first kappa shape index (κ1) is 8.90. The van der Waals surface area contributed by atoms with Gasteiger partial charge in [0.15, 0.2) is 0 Å². The Balaban J connectivity index is 2.22. The molecule has 1 aromatic carbocycles. The number of nitrogens with one attached hydrogen (secondary N) is 1. The van der Waals surface area contributed by atoms with Crippen molar-refractivity contribution in [2.75, 3.05) is 7.05 Å². The summed E-state index contributed by atoms with van der Waals surface area (Å²) >= 11 is 0. The van der Waals surface area contributed by atoms with E-state index in [1.54, 1.807) is 0 Å². The molecule has 72 valence electrons. The standard InChI is InChI=1S/C10H11N3O/c1-11-6-8-2-4-9(5-3-8)10-13-12-7-14-10/h2-5,7,11H,6H2,1H3. The highest BCUT2D eigenvalue weighted by molar-refractivity contribution is 5.52. The van der Waals surface area contributed by atoms with Gasteiger partial charge >= 0.3 is 0 Å². The van der Waals surface area contributed by atoms with Crippen molar-refractivity contribution in [3.05, 3.63) is 36.2 Å². The van der Waals surface area contributed by atoms with E-state index >= 15 is 0 Å². The van der Waals surface area contributed by atoms with Crippen LogP contribution in [-0.2, 0) is 6.54 Å². The number of nitrogens with zero attached hydrogens (tertiary/aromatic N) is 2. The Morgan fingerprint density at radius 3 is 2.64 bits per heavy atom. The topological polar surface area (TPSA) is 51.0 Å². The highest BCUT2D eigenvalue weighted by Gasteiger charge is 2.01. The van der Waals surface area contributed by atoms with Crippen LogP contribution in [0.3, 0.4) is 0 Å². The average Bonchev–Trinajstić information content (AvgIpc) is 2.72. The molecule has 0 saturated heterocycles. The van der Waals surface area contributed by atoms with Crippen LogP contribution in [0.1, 0.15) is 5.56 Å². The smallest absolute Gasteiger partial charge is 0.247 e. The highest BCUT2D eigenvalue weighted by Crippen LogP contribution is 2.16. The zero-order valence-electron chi connectivity index (χ0n) is 7.90. The van der Waals surface area contributed by atoms with Crippen LogP contribution in [0.15, 0.2) is 35.1 Å². The zero-order chi connectivity index (χ0) is 9.80. The van der Waals surface area contributed by atoms with Gasteiger partial charge in [0.1, 0.15) is 0 Å². The van der Waals surface area contributed by atoms with Gasteiger partial charge in [-0.25, -0.2) is 0 Å². The second-order valence-electron chi connectivity index (χ2n) is 2.97. The maximum absolute atomic E-state index is 5.08. The molecule has 14 heavy (non-hydrogen) atoms. The van der Waals surface area contributed by atoms with E-state index < -0.39 is 0 Å². The van der Waals surface area contributed by atoms with Crippen molar-refractivity contribution in [1.82, 2.24) is 15.5 Å². The summed E-state index contributed by atoms with van der Waals surface area (Å²) in [6, 6.07) is 8.02. The quantitative estimate of drug-likeness (QED) is 0.794. The second kappa shape index (κ2) is 4.02. The Morgan fingerprint density at radius 2 is 2.07 bits per heavy atom. The maximum Gasteiger partial charge on any atom is 0.247 e. The largest absolute Gasteiger partial charge is 0.423 e. The third-order valence-electron chi connectivity index (χ3n) is 1.94. The van der Waals surface area contributed by atoms with E-state index in [9.17, 15) is 0 Å². The molecule has 4 nitrogen and oxygen atoms in total. The molecule has 0 unspecified atom stereocenters. The minimum Gasteiger partial charge on any atom is -0.423 e. The summed E-state index contributed by atoms with van der Waals surface area (Å²) < 4.78 is 5.08. The Bertz CT molecular complexity index is 380. The molecule has 1 N–H and O–H groups in total. The Labute approximate surface area is 82.0 Å². The summed E-state index contributed by atoms with van der Waals surface area (Å²) in [4.78, 5) is 0. The lowest BCUT2D eigenvalue weighted by atomic mass is 10.1. The van der Waals surface area contributed by atoms with Gasteiger partial charge in [-0.05, 0) is 24.7 Å².